The number of hydrogen-bond donors (Lipinski definition) is 0. The second kappa shape index (κ2) is 7.85. The first-order valence-electron chi connectivity index (χ1n) is 6.37. The number of carbonyl (C=O) groups is 1. The third-order valence-electron chi connectivity index (χ3n) is 3.13. The van der Waals surface area contributed by atoms with E-state index in [2.05, 4.69) is 15.9 Å². The van der Waals surface area contributed by atoms with Crippen molar-refractivity contribution in [2.45, 2.75) is 32.7 Å². The largest absolute Gasteiger partial charge is 0.334 e. The maximum atomic E-state index is 13.8. The topological polar surface area (TPSA) is 20.3 Å². The molecule has 2 nitrogen and oxygen atoms in total. The van der Waals surface area contributed by atoms with Crippen LogP contribution in [-0.4, -0.2) is 29.3 Å². The molecule has 0 unspecified atom stereocenters. The summed E-state index contributed by atoms with van der Waals surface area (Å²) < 4.78 is 14.5. The van der Waals surface area contributed by atoms with E-state index < -0.39 is 5.82 Å². The van der Waals surface area contributed by atoms with Gasteiger partial charge in [-0.25, -0.2) is 4.39 Å². The van der Waals surface area contributed by atoms with Gasteiger partial charge in [0.25, 0.3) is 5.91 Å². The smallest absolute Gasteiger partial charge is 0.257 e. The molecule has 0 spiro atoms. The van der Waals surface area contributed by atoms with Gasteiger partial charge in [0.15, 0.2) is 0 Å². The van der Waals surface area contributed by atoms with E-state index >= 15 is 0 Å². The van der Waals surface area contributed by atoms with Gasteiger partial charge in [-0.15, -0.1) is 11.6 Å². The zero-order chi connectivity index (χ0) is 14.4. The summed E-state index contributed by atoms with van der Waals surface area (Å²) >= 11 is 9.02. The van der Waals surface area contributed by atoms with Gasteiger partial charge in [-0.1, -0.05) is 29.8 Å². The van der Waals surface area contributed by atoms with Crippen LogP contribution < -0.4 is 0 Å². The minimum Gasteiger partial charge on any atom is -0.334 e. The third kappa shape index (κ3) is 4.18. The van der Waals surface area contributed by atoms with Gasteiger partial charge in [-0.2, -0.15) is 0 Å². The predicted octanol–water partition coefficient (Wildman–Crippen LogP) is 4.46. The van der Waals surface area contributed by atoms with E-state index in [4.69, 9.17) is 11.6 Å². The molecule has 0 aliphatic rings. The second-order valence-electron chi connectivity index (χ2n) is 4.28. The Morgan fingerprint density at radius 2 is 2.05 bits per heavy atom. The first kappa shape index (κ1) is 16.4. The molecule has 0 aromatic heterocycles. The minimum atomic E-state index is -0.501. The van der Waals surface area contributed by atoms with Crippen molar-refractivity contribution in [1.82, 2.24) is 4.90 Å². The lowest BCUT2D eigenvalue weighted by atomic mass is 10.1. The highest BCUT2D eigenvalue weighted by Gasteiger charge is 2.24. The summed E-state index contributed by atoms with van der Waals surface area (Å²) in [6.07, 6.45) is 1.66. The Labute approximate surface area is 127 Å². The lowest BCUT2D eigenvalue weighted by Crippen LogP contribution is -2.41. The van der Waals surface area contributed by atoms with E-state index in [0.29, 0.717) is 16.9 Å². The molecule has 0 atom stereocenters. The zero-order valence-corrected chi connectivity index (χ0v) is 13.5. The lowest BCUT2D eigenvalue weighted by Gasteiger charge is -2.30. The van der Waals surface area contributed by atoms with Gasteiger partial charge in [0.1, 0.15) is 5.82 Å². The number of carbonyl (C=O) groups excluding carboxylic acids is 1. The molecule has 1 amide bonds. The predicted molar refractivity (Wildman–Crippen MR) is 80.2 cm³/mol. The highest BCUT2D eigenvalue weighted by Crippen LogP contribution is 2.20. The van der Waals surface area contributed by atoms with Gasteiger partial charge < -0.3 is 4.90 Å². The molecule has 0 fully saturated rings. The Hall–Kier alpha value is -0.610. The molecule has 1 aromatic carbocycles. The molecule has 1 aromatic rings. The van der Waals surface area contributed by atoms with Crippen molar-refractivity contribution >= 4 is 33.4 Å². The summed E-state index contributed by atoms with van der Waals surface area (Å²) in [4.78, 5) is 14.1. The van der Waals surface area contributed by atoms with Crippen molar-refractivity contribution in [2.75, 3.05) is 12.4 Å². The highest BCUT2D eigenvalue weighted by molar-refractivity contribution is 9.10. The maximum absolute atomic E-state index is 13.8. The Morgan fingerprint density at radius 1 is 1.42 bits per heavy atom. The first-order valence-corrected chi connectivity index (χ1v) is 7.69. The molecule has 0 radical (unpaired) electrons. The van der Waals surface area contributed by atoms with Gasteiger partial charge >= 0.3 is 0 Å². The molecule has 0 aliphatic carbocycles. The molecule has 0 saturated carbocycles. The number of halogens is 3. The van der Waals surface area contributed by atoms with E-state index in [1.165, 1.54) is 12.1 Å². The van der Waals surface area contributed by atoms with Crippen LogP contribution in [0.5, 0.6) is 0 Å². The minimum absolute atomic E-state index is 0.0876. The summed E-state index contributed by atoms with van der Waals surface area (Å²) in [6.45, 7) is 4.46. The number of hydrogen-bond acceptors (Lipinski definition) is 1. The molecular weight excluding hydrogens is 333 g/mol. The quantitative estimate of drug-likeness (QED) is 0.694. The molecule has 5 heteroatoms. The Kier molecular flexibility index (Phi) is 6.80. The van der Waals surface area contributed by atoms with Crippen LogP contribution in [0.3, 0.4) is 0 Å². The van der Waals surface area contributed by atoms with Crippen LogP contribution in [0, 0.1) is 5.82 Å². The lowest BCUT2D eigenvalue weighted by molar-refractivity contribution is 0.0677. The molecule has 0 aliphatic heterocycles. The summed E-state index contributed by atoms with van der Waals surface area (Å²) in [6, 6.07) is 4.48. The Balaban J connectivity index is 3.08. The fourth-order valence-electron chi connectivity index (χ4n) is 2.09. The van der Waals surface area contributed by atoms with Gasteiger partial charge in [-0.05, 0) is 31.0 Å². The van der Waals surface area contributed by atoms with E-state index in [1.54, 1.807) is 11.0 Å². The second-order valence-corrected chi connectivity index (χ2v) is 5.58. The normalized spacial score (nSPS) is 10.8. The Morgan fingerprint density at radius 3 is 2.58 bits per heavy atom. The average molecular weight is 351 g/mol. The SMILES string of the molecule is CCC(CC)N(CCCl)C(=O)c1cc(Br)ccc1F. The van der Waals surface area contributed by atoms with Crippen molar-refractivity contribution < 1.29 is 9.18 Å². The van der Waals surface area contributed by atoms with Crippen LogP contribution in [0.25, 0.3) is 0 Å². The van der Waals surface area contributed by atoms with E-state index in [0.717, 1.165) is 12.8 Å². The molecule has 19 heavy (non-hydrogen) atoms. The first-order chi connectivity index (χ1) is 9.04. The monoisotopic (exact) mass is 349 g/mol. The zero-order valence-electron chi connectivity index (χ0n) is 11.1. The fourth-order valence-corrected chi connectivity index (χ4v) is 2.63. The van der Waals surface area contributed by atoms with Crippen LogP contribution >= 0.6 is 27.5 Å². The van der Waals surface area contributed by atoms with Gasteiger partial charge in [-0.3, -0.25) is 4.79 Å². The van der Waals surface area contributed by atoms with Crippen LogP contribution in [0.1, 0.15) is 37.0 Å². The Bertz CT molecular complexity index is 437. The summed E-state index contributed by atoms with van der Waals surface area (Å²) in [7, 11) is 0. The van der Waals surface area contributed by atoms with Crippen LogP contribution in [0.15, 0.2) is 22.7 Å². The molecular formula is C14H18BrClFNO. The van der Waals surface area contributed by atoms with Crippen molar-refractivity contribution in [3.63, 3.8) is 0 Å². The van der Waals surface area contributed by atoms with Crippen molar-refractivity contribution in [3.8, 4) is 0 Å². The highest BCUT2D eigenvalue weighted by atomic mass is 79.9. The third-order valence-corrected chi connectivity index (χ3v) is 3.79. The van der Waals surface area contributed by atoms with Gasteiger partial charge in [0.2, 0.25) is 0 Å². The van der Waals surface area contributed by atoms with Crippen molar-refractivity contribution in [2.24, 2.45) is 0 Å². The van der Waals surface area contributed by atoms with Crippen LogP contribution in [-0.2, 0) is 0 Å². The summed E-state index contributed by atoms with van der Waals surface area (Å²) in [5.41, 5.74) is 0.0893. The van der Waals surface area contributed by atoms with E-state index in [9.17, 15) is 9.18 Å². The van der Waals surface area contributed by atoms with Crippen molar-refractivity contribution in [3.05, 3.63) is 34.1 Å². The molecule has 106 valence electrons. The average Bonchev–Trinajstić information content (AvgIpc) is 2.41. The molecule has 0 heterocycles. The standard InChI is InChI=1S/C14H18BrClFNO/c1-3-11(4-2)18(8-7-16)14(19)12-9-10(15)5-6-13(12)17/h5-6,9,11H,3-4,7-8H2,1-2H3. The van der Waals surface area contributed by atoms with Crippen LogP contribution in [0.2, 0.25) is 0 Å². The number of benzene rings is 1. The molecule has 0 bridgehead atoms. The molecule has 0 saturated heterocycles. The van der Waals surface area contributed by atoms with Gasteiger partial charge in [0, 0.05) is 22.9 Å². The van der Waals surface area contributed by atoms with Crippen LogP contribution in [0.4, 0.5) is 4.39 Å². The molecule has 1 rings (SSSR count). The number of rotatable bonds is 6. The van der Waals surface area contributed by atoms with Crippen molar-refractivity contribution in [1.29, 1.82) is 0 Å². The van der Waals surface area contributed by atoms with E-state index in [-0.39, 0.29) is 17.5 Å². The summed E-state index contributed by atoms with van der Waals surface area (Å²) in [5.74, 6) is -0.454. The maximum Gasteiger partial charge on any atom is 0.257 e. The number of alkyl halides is 1. The number of amides is 1. The van der Waals surface area contributed by atoms with E-state index in [1.807, 2.05) is 13.8 Å². The van der Waals surface area contributed by atoms with Gasteiger partial charge in [0.05, 0.1) is 5.56 Å². The number of nitrogens with zero attached hydrogens (tertiary/aromatic N) is 1. The fraction of sp³-hybridized carbons (Fsp3) is 0.500. The summed E-state index contributed by atoms with van der Waals surface area (Å²) in [5, 5.41) is 0. The molecule has 0 N–H and O–H groups in total.